The zero-order valence-corrected chi connectivity index (χ0v) is 10.0. The summed E-state index contributed by atoms with van der Waals surface area (Å²) in [6.07, 6.45) is 0. The minimum Gasteiger partial charge on any atom is -0.475 e. The van der Waals surface area contributed by atoms with E-state index in [1.807, 2.05) is 6.92 Å². The molecule has 0 unspecified atom stereocenters. The van der Waals surface area contributed by atoms with Crippen molar-refractivity contribution in [1.82, 2.24) is 9.97 Å². The molecule has 84 valence electrons. The molecule has 0 aliphatic rings. The van der Waals surface area contributed by atoms with Gasteiger partial charge < -0.3 is 10.5 Å². The number of benzene rings is 1. The molecule has 0 spiro atoms. The second-order valence-corrected chi connectivity index (χ2v) is 3.92. The van der Waals surface area contributed by atoms with Gasteiger partial charge in [0.2, 0.25) is 0 Å². The predicted octanol–water partition coefficient (Wildman–Crippen LogP) is 2.92. The number of fused-ring (bicyclic) bond motifs is 1. The molecule has 0 amide bonds. The van der Waals surface area contributed by atoms with Crippen molar-refractivity contribution < 1.29 is 4.74 Å². The molecule has 4 nitrogen and oxygen atoms in total. The maximum Gasteiger partial charge on any atom is 0.257 e. The molecule has 0 aliphatic carbocycles. The number of anilines is 1. The van der Waals surface area contributed by atoms with Crippen LogP contribution in [-0.2, 0) is 0 Å². The van der Waals surface area contributed by atoms with Crippen molar-refractivity contribution in [1.29, 1.82) is 0 Å². The van der Waals surface area contributed by atoms with Gasteiger partial charge in [-0.25, -0.2) is 9.97 Å². The Morgan fingerprint density at radius 2 is 1.75 bits per heavy atom. The van der Waals surface area contributed by atoms with Gasteiger partial charge in [-0.05, 0) is 19.1 Å². The highest BCUT2D eigenvalue weighted by Gasteiger charge is 2.09. The molecular formula is C10H9Cl2N3O. The average Bonchev–Trinajstić information content (AvgIpc) is 2.23. The van der Waals surface area contributed by atoms with Crippen LogP contribution in [0, 0.1) is 0 Å². The summed E-state index contributed by atoms with van der Waals surface area (Å²) in [5.41, 5.74) is 6.88. The first-order chi connectivity index (χ1) is 7.61. The minimum atomic E-state index is 0.243. The van der Waals surface area contributed by atoms with Crippen molar-refractivity contribution in [3.05, 3.63) is 22.2 Å². The van der Waals surface area contributed by atoms with E-state index in [9.17, 15) is 0 Å². The summed E-state index contributed by atoms with van der Waals surface area (Å²) in [4.78, 5) is 8.36. The molecule has 0 aliphatic heterocycles. The third-order valence-corrected chi connectivity index (χ3v) is 2.70. The van der Waals surface area contributed by atoms with Crippen LogP contribution in [0.4, 0.5) is 5.82 Å². The molecule has 2 aromatic rings. The second-order valence-electron chi connectivity index (χ2n) is 3.10. The zero-order valence-electron chi connectivity index (χ0n) is 8.50. The smallest absolute Gasteiger partial charge is 0.257 e. The first kappa shape index (κ1) is 11.2. The van der Waals surface area contributed by atoms with Gasteiger partial charge in [0.05, 0.1) is 27.7 Å². The van der Waals surface area contributed by atoms with Crippen molar-refractivity contribution in [3.63, 3.8) is 0 Å². The largest absolute Gasteiger partial charge is 0.475 e. The quantitative estimate of drug-likeness (QED) is 0.899. The molecular weight excluding hydrogens is 249 g/mol. The average molecular weight is 258 g/mol. The van der Waals surface area contributed by atoms with Crippen LogP contribution in [0.2, 0.25) is 10.0 Å². The van der Waals surface area contributed by atoms with Gasteiger partial charge in [-0.1, -0.05) is 23.2 Å². The van der Waals surface area contributed by atoms with Gasteiger partial charge in [-0.3, -0.25) is 0 Å². The summed E-state index contributed by atoms with van der Waals surface area (Å²) >= 11 is 11.8. The molecule has 16 heavy (non-hydrogen) atoms. The Balaban J connectivity index is 2.65. The topological polar surface area (TPSA) is 61.0 Å². The van der Waals surface area contributed by atoms with Gasteiger partial charge in [-0.2, -0.15) is 0 Å². The normalized spacial score (nSPS) is 10.7. The first-order valence-corrected chi connectivity index (χ1v) is 5.42. The highest BCUT2D eigenvalue weighted by molar-refractivity contribution is 6.42. The molecule has 1 heterocycles. The molecule has 0 saturated carbocycles. The van der Waals surface area contributed by atoms with Crippen LogP contribution in [0.1, 0.15) is 6.92 Å². The molecule has 6 heteroatoms. The Morgan fingerprint density at radius 1 is 1.19 bits per heavy atom. The minimum absolute atomic E-state index is 0.243. The zero-order chi connectivity index (χ0) is 11.7. The van der Waals surface area contributed by atoms with Crippen LogP contribution < -0.4 is 10.5 Å². The summed E-state index contributed by atoms with van der Waals surface area (Å²) in [6, 6.07) is 3.26. The molecule has 0 radical (unpaired) electrons. The van der Waals surface area contributed by atoms with E-state index in [2.05, 4.69) is 9.97 Å². The fourth-order valence-corrected chi connectivity index (χ4v) is 1.61. The number of rotatable bonds is 2. The van der Waals surface area contributed by atoms with E-state index < -0.39 is 0 Å². The lowest BCUT2D eigenvalue weighted by molar-refractivity contribution is 0.329. The van der Waals surface area contributed by atoms with Gasteiger partial charge in [0, 0.05) is 0 Å². The fourth-order valence-electron chi connectivity index (χ4n) is 1.29. The Kier molecular flexibility index (Phi) is 3.03. The van der Waals surface area contributed by atoms with Crippen molar-refractivity contribution >= 4 is 40.1 Å². The van der Waals surface area contributed by atoms with Gasteiger partial charge in [-0.15, -0.1) is 0 Å². The summed E-state index contributed by atoms with van der Waals surface area (Å²) in [5.74, 6) is 0.557. The van der Waals surface area contributed by atoms with Crippen LogP contribution in [0.3, 0.4) is 0 Å². The molecule has 0 fully saturated rings. The molecule has 1 aromatic carbocycles. The molecule has 0 saturated heterocycles. The van der Waals surface area contributed by atoms with Crippen molar-refractivity contribution in [2.24, 2.45) is 0 Å². The lowest BCUT2D eigenvalue weighted by atomic mass is 10.3. The van der Waals surface area contributed by atoms with Crippen molar-refractivity contribution in [2.75, 3.05) is 12.3 Å². The van der Waals surface area contributed by atoms with Crippen molar-refractivity contribution in [2.45, 2.75) is 6.92 Å². The van der Waals surface area contributed by atoms with Crippen molar-refractivity contribution in [3.8, 4) is 5.88 Å². The number of halogens is 2. The monoisotopic (exact) mass is 257 g/mol. The van der Waals surface area contributed by atoms with Crippen LogP contribution in [-0.4, -0.2) is 16.6 Å². The van der Waals surface area contributed by atoms with Crippen LogP contribution >= 0.6 is 23.2 Å². The number of nitrogens with zero attached hydrogens (tertiary/aromatic N) is 2. The SMILES string of the molecule is CCOc1nc2cc(Cl)c(Cl)cc2nc1N. The summed E-state index contributed by atoms with van der Waals surface area (Å²) < 4.78 is 5.24. The van der Waals surface area contributed by atoms with Gasteiger partial charge in [0.25, 0.3) is 5.88 Å². The lowest BCUT2D eigenvalue weighted by Crippen LogP contribution is -2.02. The maximum absolute atomic E-state index is 5.89. The van der Waals surface area contributed by atoms with E-state index in [1.54, 1.807) is 12.1 Å². The Hall–Kier alpha value is -1.26. The van der Waals surface area contributed by atoms with E-state index in [4.69, 9.17) is 33.7 Å². The highest BCUT2D eigenvalue weighted by Crippen LogP contribution is 2.28. The third-order valence-electron chi connectivity index (χ3n) is 1.98. The van der Waals surface area contributed by atoms with E-state index in [1.165, 1.54) is 0 Å². The number of nitrogens with two attached hydrogens (primary N) is 1. The molecule has 2 N–H and O–H groups in total. The Morgan fingerprint density at radius 3 is 2.31 bits per heavy atom. The van der Waals surface area contributed by atoms with E-state index in [0.717, 1.165) is 0 Å². The Bertz CT molecular complexity index is 545. The number of hydrogen-bond donors (Lipinski definition) is 1. The fraction of sp³-hybridized carbons (Fsp3) is 0.200. The summed E-state index contributed by atoms with van der Waals surface area (Å²) in [5, 5.41) is 0.850. The van der Waals surface area contributed by atoms with Gasteiger partial charge in [0.15, 0.2) is 5.82 Å². The van der Waals surface area contributed by atoms with E-state index in [-0.39, 0.29) is 5.82 Å². The summed E-state index contributed by atoms with van der Waals surface area (Å²) in [7, 11) is 0. The number of aromatic nitrogens is 2. The number of ether oxygens (including phenoxy) is 1. The van der Waals surface area contributed by atoms with Crippen LogP contribution in [0.15, 0.2) is 12.1 Å². The lowest BCUT2D eigenvalue weighted by Gasteiger charge is -2.07. The molecule has 0 bridgehead atoms. The Labute approximate surface area is 102 Å². The third kappa shape index (κ3) is 1.99. The molecule has 1 aromatic heterocycles. The molecule has 0 atom stereocenters. The summed E-state index contributed by atoms with van der Waals surface area (Å²) in [6.45, 7) is 2.33. The maximum atomic E-state index is 5.89. The standard InChI is InChI=1S/C10H9Cl2N3O/c1-2-16-10-9(13)14-7-3-5(11)6(12)4-8(7)15-10/h3-4H,2H2,1H3,(H2,13,14). The van der Waals surface area contributed by atoms with Gasteiger partial charge >= 0.3 is 0 Å². The molecule has 2 rings (SSSR count). The van der Waals surface area contributed by atoms with E-state index >= 15 is 0 Å². The second kappa shape index (κ2) is 4.31. The van der Waals surface area contributed by atoms with Crippen LogP contribution in [0.25, 0.3) is 11.0 Å². The highest BCUT2D eigenvalue weighted by atomic mass is 35.5. The van der Waals surface area contributed by atoms with Gasteiger partial charge in [0.1, 0.15) is 0 Å². The number of nitrogen functional groups attached to an aromatic ring is 1. The predicted molar refractivity (Wildman–Crippen MR) is 65.1 cm³/mol. The van der Waals surface area contributed by atoms with Crippen LogP contribution in [0.5, 0.6) is 5.88 Å². The van der Waals surface area contributed by atoms with E-state index in [0.29, 0.717) is 33.6 Å². The number of hydrogen-bond acceptors (Lipinski definition) is 4. The first-order valence-electron chi connectivity index (χ1n) is 4.67.